The molecule has 1 N–H and O–H groups in total. The van der Waals surface area contributed by atoms with Crippen molar-refractivity contribution in [3.63, 3.8) is 0 Å². The molecular formula is C6H6F8O3S. The van der Waals surface area contributed by atoms with Gasteiger partial charge < -0.3 is 0 Å². The number of rotatable bonds is 5. The molecule has 0 spiro atoms. The van der Waals surface area contributed by atoms with Gasteiger partial charge in [-0.05, 0) is 6.42 Å². The van der Waals surface area contributed by atoms with Gasteiger partial charge in [-0.3, -0.25) is 4.55 Å². The number of alkyl halides is 8. The van der Waals surface area contributed by atoms with Gasteiger partial charge in [0.15, 0.2) is 6.17 Å². The van der Waals surface area contributed by atoms with Gasteiger partial charge in [0.25, 0.3) is 0 Å². The van der Waals surface area contributed by atoms with Crippen LogP contribution in [0.2, 0.25) is 0 Å². The molecule has 0 heterocycles. The van der Waals surface area contributed by atoms with Crippen molar-refractivity contribution >= 4 is 10.1 Å². The largest absolute Gasteiger partial charge is 0.434 e. The summed E-state index contributed by atoms with van der Waals surface area (Å²) in [6.07, 6.45) is -13.4. The van der Waals surface area contributed by atoms with Gasteiger partial charge in [-0.15, -0.1) is 0 Å². The molecule has 0 aliphatic carbocycles. The molecule has 0 aliphatic rings. The molecule has 0 rings (SSSR count). The summed E-state index contributed by atoms with van der Waals surface area (Å²) in [5, 5.41) is -6.22. The van der Waals surface area contributed by atoms with Crippen molar-refractivity contribution < 1.29 is 48.1 Å². The molecule has 1 atom stereocenters. The highest BCUT2D eigenvalue weighted by Crippen LogP contribution is 2.43. The molecule has 0 aromatic carbocycles. The summed E-state index contributed by atoms with van der Waals surface area (Å²) in [6, 6.07) is 0. The first-order valence-corrected chi connectivity index (χ1v) is 5.50. The molecule has 3 nitrogen and oxygen atoms in total. The molecule has 0 saturated carbocycles. The summed E-state index contributed by atoms with van der Waals surface area (Å²) in [6.45, 7) is 0. The van der Waals surface area contributed by atoms with E-state index in [0.29, 0.717) is 0 Å². The monoisotopic (exact) mass is 310 g/mol. The van der Waals surface area contributed by atoms with Crippen molar-refractivity contribution in [3.05, 3.63) is 0 Å². The van der Waals surface area contributed by atoms with Gasteiger partial charge in [0, 0.05) is 6.42 Å². The fourth-order valence-corrected chi connectivity index (χ4v) is 1.30. The van der Waals surface area contributed by atoms with Gasteiger partial charge in [-0.25, -0.2) is 4.39 Å². The number of hydrogen-bond donors (Lipinski definition) is 1. The van der Waals surface area contributed by atoms with Crippen molar-refractivity contribution in [2.75, 3.05) is 0 Å². The van der Waals surface area contributed by atoms with Crippen LogP contribution in [0.4, 0.5) is 35.1 Å². The zero-order valence-electron chi connectivity index (χ0n) is 8.19. The summed E-state index contributed by atoms with van der Waals surface area (Å²) < 4.78 is 125. The molecule has 0 fully saturated rings. The minimum atomic E-state index is -6.66. The van der Waals surface area contributed by atoms with Crippen LogP contribution in [0.1, 0.15) is 12.8 Å². The van der Waals surface area contributed by atoms with E-state index in [1.165, 1.54) is 0 Å². The Hall–Kier alpha value is -0.650. The highest BCUT2D eigenvalue weighted by molar-refractivity contribution is 7.87. The predicted octanol–water partition coefficient (Wildman–Crippen LogP) is 2.78. The second-order valence-corrected chi connectivity index (χ2v) is 4.70. The molecule has 0 aliphatic heterocycles. The van der Waals surface area contributed by atoms with E-state index in [9.17, 15) is 43.5 Å². The van der Waals surface area contributed by atoms with E-state index in [1.54, 1.807) is 0 Å². The maximum atomic E-state index is 12.6. The van der Waals surface area contributed by atoms with Crippen LogP contribution in [0, 0.1) is 0 Å². The van der Waals surface area contributed by atoms with E-state index in [0.717, 1.165) is 0 Å². The van der Waals surface area contributed by atoms with Crippen LogP contribution in [0.3, 0.4) is 0 Å². The topological polar surface area (TPSA) is 54.4 Å². The third-order valence-corrected chi connectivity index (χ3v) is 2.71. The first-order valence-electron chi connectivity index (χ1n) is 4.06. The molecule has 1 unspecified atom stereocenters. The van der Waals surface area contributed by atoms with Crippen molar-refractivity contribution in [2.24, 2.45) is 0 Å². The predicted molar refractivity (Wildman–Crippen MR) is 41.6 cm³/mol. The van der Waals surface area contributed by atoms with Crippen LogP contribution < -0.4 is 0 Å². The normalized spacial score (nSPS) is 16.7. The zero-order valence-corrected chi connectivity index (χ0v) is 9.00. The molecule has 18 heavy (non-hydrogen) atoms. The standard InChI is InChI=1S/C6H6F8O3S/c7-3(1-2-4(8,9)10)5(11,12)6(13,14)18(15,16)17/h3H,1-2H2,(H,15,16,17). The van der Waals surface area contributed by atoms with Crippen LogP contribution in [-0.2, 0) is 10.1 Å². The Kier molecular flexibility index (Phi) is 4.62. The Bertz CT molecular complexity index is 386. The smallest absolute Gasteiger partial charge is 0.281 e. The average Bonchev–Trinajstić information content (AvgIpc) is 2.10. The van der Waals surface area contributed by atoms with Crippen molar-refractivity contribution in [2.45, 2.75) is 36.4 Å². The third kappa shape index (κ3) is 3.67. The minimum absolute atomic E-state index is 2.07. The van der Waals surface area contributed by atoms with E-state index in [-0.39, 0.29) is 0 Å². The molecule has 12 heteroatoms. The Balaban J connectivity index is 5.04. The SMILES string of the molecule is O=S(=O)(O)C(F)(F)C(F)(F)C(F)CCC(F)(F)F. The van der Waals surface area contributed by atoms with Crippen LogP contribution >= 0.6 is 0 Å². The maximum Gasteiger partial charge on any atom is 0.434 e. The fourth-order valence-electron chi connectivity index (χ4n) is 0.826. The maximum absolute atomic E-state index is 12.6. The van der Waals surface area contributed by atoms with Crippen molar-refractivity contribution in [1.29, 1.82) is 0 Å². The van der Waals surface area contributed by atoms with E-state index in [4.69, 9.17) is 4.55 Å². The summed E-state index contributed by atoms with van der Waals surface area (Å²) in [7, 11) is -6.66. The number of hydrogen-bond acceptors (Lipinski definition) is 2. The van der Waals surface area contributed by atoms with Gasteiger partial charge in [0.1, 0.15) is 0 Å². The molecule has 0 aromatic heterocycles. The molecule has 0 amide bonds. The number of halogens is 8. The first-order chi connectivity index (χ1) is 7.63. The minimum Gasteiger partial charge on any atom is -0.281 e. The third-order valence-electron chi connectivity index (χ3n) is 1.79. The lowest BCUT2D eigenvalue weighted by Crippen LogP contribution is -2.52. The highest BCUT2D eigenvalue weighted by Gasteiger charge is 2.69. The summed E-state index contributed by atoms with van der Waals surface area (Å²) in [4.78, 5) is 0. The van der Waals surface area contributed by atoms with Gasteiger partial charge in [-0.2, -0.15) is 39.2 Å². The Morgan fingerprint density at radius 2 is 1.39 bits per heavy atom. The molecule has 0 aromatic rings. The van der Waals surface area contributed by atoms with Crippen LogP contribution in [0.25, 0.3) is 0 Å². The summed E-state index contributed by atoms with van der Waals surface area (Å²) in [5.41, 5.74) is 0. The Labute approximate surface area is 95.5 Å². The van der Waals surface area contributed by atoms with Crippen LogP contribution in [0.5, 0.6) is 0 Å². The lowest BCUT2D eigenvalue weighted by Gasteiger charge is -2.26. The average molecular weight is 310 g/mol. The molecule has 0 bridgehead atoms. The van der Waals surface area contributed by atoms with E-state index in [1.807, 2.05) is 0 Å². The summed E-state index contributed by atoms with van der Waals surface area (Å²) in [5.74, 6) is -5.98. The fraction of sp³-hybridized carbons (Fsp3) is 1.00. The summed E-state index contributed by atoms with van der Waals surface area (Å²) >= 11 is 0. The lowest BCUT2D eigenvalue weighted by atomic mass is 10.1. The molecule has 0 saturated heterocycles. The first kappa shape index (κ1) is 17.4. The van der Waals surface area contributed by atoms with Gasteiger partial charge in [0.2, 0.25) is 0 Å². The van der Waals surface area contributed by atoms with Gasteiger partial charge in [0.05, 0.1) is 0 Å². The molecule has 110 valence electrons. The Morgan fingerprint density at radius 1 is 1.00 bits per heavy atom. The second kappa shape index (κ2) is 4.79. The quantitative estimate of drug-likeness (QED) is 0.627. The molecule has 0 radical (unpaired) electrons. The second-order valence-electron chi connectivity index (χ2n) is 3.24. The lowest BCUT2D eigenvalue weighted by molar-refractivity contribution is -0.206. The van der Waals surface area contributed by atoms with Crippen molar-refractivity contribution in [3.8, 4) is 0 Å². The zero-order chi connectivity index (χ0) is 15.0. The van der Waals surface area contributed by atoms with Crippen molar-refractivity contribution in [1.82, 2.24) is 0 Å². The van der Waals surface area contributed by atoms with E-state index < -0.39 is 46.5 Å². The molecular weight excluding hydrogens is 304 g/mol. The Morgan fingerprint density at radius 3 is 1.67 bits per heavy atom. The highest BCUT2D eigenvalue weighted by atomic mass is 32.2. The van der Waals surface area contributed by atoms with E-state index in [2.05, 4.69) is 0 Å². The van der Waals surface area contributed by atoms with Crippen LogP contribution in [-0.4, -0.2) is 36.5 Å². The van der Waals surface area contributed by atoms with Gasteiger partial charge in [-0.1, -0.05) is 0 Å². The van der Waals surface area contributed by atoms with Gasteiger partial charge >= 0.3 is 27.5 Å². The van der Waals surface area contributed by atoms with Crippen LogP contribution in [0.15, 0.2) is 0 Å². The van der Waals surface area contributed by atoms with E-state index >= 15 is 0 Å².